The fourth-order valence-corrected chi connectivity index (χ4v) is 1.55. The van der Waals surface area contributed by atoms with Crippen molar-refractivity contribution in [3.63, 3.8) is 0 Å². The van der Waals surface area contributed by atoms with E-state index in [1.165, 1.54) is 0 Å². The maximum absolute atomic E-state index is 8.96. The van der Waals surface area contributed by atoms with Crippen LogP contribution in [0.5, 0.6) is 17.2 Å². The van der Waals surface area contributed by atoms with Gasteiger partial charge in [0.1, 0.15) is 23.3 Å². The lowest BCUT2D eigenvalue weighted by molar-refractivity contribution is 0.415. The van der Waals surface area contributed by atoms with Crippen molar-refractivity contribution in [3.8, 4) is 23.3 Å². The number of para-hydroxylation sites is 1. The second-order valence-corrected chi connectivity index (χ2v) is 3.61. The predicted molar refractivity (Wildman–Crippen MR) is 68.6 cm³/mol. The molecule has 4 heteroatoms. The van der Waals surface area contributed by atoms with Gasteiger partial charge in [0.2, 0.25) is 0 Å². The monoisotopic (exact) mass is 240 g/mol. The van der Waals surface area contributed by atoms with Gasteiger partial charge in [-0.1, -0.05) is 12.1 Å². The molecule has 0 aliphatic heterocycles. The van der Waals surface area contributed by atoms with Crippen molar-refractivity contribution in [2.45, 2.75) is 0 Å². The molecular formula is C14H12N2O2. The third-order valence-electron chi connectivity index (χ3n) is 2.44. The van der Waals surface area contributed by atoms with Gasteiger partial charge in [-0.3, -0.25) is 0 Å². The minimum atomic E-state index is 0.479. The zero-order valence-electron chi connectivity index (χ0n) is 9.88. The van der Waals surface area contributed by atoms with Gasteiger partial charge >= 0.3 is 0 Å². The van der Waals surface area contributed by atoms with E-state index in [1.807, 2.05) is 6.07 Å². The Morgan fingerprint density at radius 2 is 1.89 bits per heavy atom. The molecule has 90 valence electrons. The Hall–Kier alpha value is -2.67. The lowest BCUT2D eigenvalue weighted by atomic mass is 10.2. The molecule has 2 aromatic carbocycles. The van der Waals surface area contributed by atoms with Gasteiger partial charge in [-0.15, -0.1) is 0 Å². The van der Waals surface area contributed by atoms with Gasteiger partial charge in [0.15, 0.2) is 0 Å². The number of nitrogens with two attached hydrogens (primary N) is 1. The lowest BCUT2D eigenvalue weighted by Gasteiger charge is -2.09. The van der Waals surface area contributed by atoms with Gasteiger partial charge in [0.25, 0.3) is 0 Å². The van der Waals surface area contributed by atoms with Crippen molar-refractivity contribution < 1.29 is 9.47 Å². The van der Waals surface area contributed by atoms with Gasteiger partial charge in [-0.2, -0.15) is 5.26 Å². The average molecular weight is 240 g/mol. The normalized spacial score (nSPS) is 9.56. The number of nitrogens with zero attached hydrogens (tertiary/aromatic N) is 1. The molecule has 0 saturated heterocycles. The van der Waals surface area contributed by atoms with Gasteiger partial charge in [-0.25, -0.2) is 0 Å². The van der Waals surface area contributed by atoms with Gasteiger partial charge < -0.3 is 15.2 Å². The van der Waals surface area contributed by atoms with E-state index in [2.05, 4.69) is 6.07 Å². The van der Waals surface area contributed by atoms with Crippen LogP contribution in [0.15, 0.2) is 42.5 Å². The largest absolute Gasteiger partial charge is 0.495 e. The first-order valence-electron chi connectivity index (χ1n) is 5.35. The van der Waals surface area contributed by atoms with E-state index in [4.69, 9.17) is 20.5 Å². The third kappa shape index (κ3) is 2.36. The maximum atomic E-state index is 8.96. The molecule has 0 aromatic heterocycles. The Morgan fingerprint density at radius 3 is 2.56 bits per heavy atom. The molecule has 0 fully saturated rings. The van der Waals surface area contributed by atoms with Crippen molar-refractivity contribution in [2.24, 2.45) is 0 Å². The Labute approximate surface area is 105 Å². The minimum Gasteiger partial charge on any atom is -0.495 e. The summed E-state index contributed by atoms with van der Waals surface area (Å²) in [6, 6.07) is 14.2. The van der Waals surface area contributed by atoms with Crippen LogP contribution in [0, 0.1) is 11.3 Å². The van der Waals surface area contributed by atoms with Crippen LogP contribution in [-0.4, -0.2) is 7.11 Å². The molecule has 0 saturated carbocycles. The molecule has 0 aliphatic carbocycles. The summed E-state index contributed by atoms with van der Waals surface area (Å²) in [7, 11) is 1.55. The first-order chi connectivity index (χ1) is 8.74. The van der Waals surface area contributed by atoms with E-state index >= 15 is 0 Å². The summed E-state index contributed by atoms with van der Waals surface area (Å²) in [6.45, 7) is 0. The zero-order chi connectivity index (χ0) is 13.0. The van der Waals surface area contributed by atoms with E-state index in [-0.39, 0.29) is 0 Å². The summed E-state index contributed by atoms with van der Waals surface area (Å²) in [5, 5.41) is 8.96. The van der Waals surface area contributed by atoms with Gasteiger partial charge in [0.05, 0.1) is 18.4 Å². The van der Waals surface area contributed by atoms with Crippen LogP contribution in [0.4, 0.5) is 5.69 Å². The third-order valence-corrected chi connectivity index (χ3v) is 2.44. The highest BCUT2D eigenvalue weighted by atomic mass is 16.5. The summed E-state index contributed by atoms with van der Waals surface area (Å²) in [6.07, 6.45) is 0. The summed E-state index contributed by atoms with van der Waals surface area (Å²) in [4.78, 5) is 0. The Balaban J connectivity index is 2.29. The molecule has 18 heavy (non-hydrogen) atoms. The second kappa shape index (κ2) is 5.11. The topological polar surface area (TPSA) is 68.3 Å². The van der Waals surface area contributed by atoms with E-state index in [0.717, 1.165) is 0 Å². The molecule has 0 aliphatic rings. The van der Waals surface area contributed by atoms with Crippen LogP contribution >= 0.6 is 0 Å². The van der Waals surface area contributed by atoms with E-state index in [1.54, 1.807) is 43.5 Å². The number of anilines is 1. The smallest absolute Gasteiger partial charge is 0.145 e. The maximum Gasteiger partial charge on any atom is 0.145 e. The molecule has 0 spiro atoms. The van der Waals surface area contributed by atoms with Gasteiger partial charge in [0, 0.05) is 6.07 Å². The van der Waals surface area contributed by atoms with Crippen molar-refractivity contribution >= 4 is 5.69 Å². The molecule has 0 bridgehead atoms. The lowest BCUT2D eigenvalue weighted by Crippen LogP contribution is -1.94. The number of benzene rings is 2. The molecule has 4 nitrogen and oxygen atoms in total. The van der Waals surface area contributed by atoms with E-state index in [0.29, 0.717) is 28.5 Å². The number of methoxy groups -OCH3 is 1. The highest BCUT2D eigenvalue weighted by Gasteiger charge is 2.05. The Kier molecular flexibility index (Phi) is 3.35. The average Bonchev–Trinajstić information content (AvgIpc) is 2.39. The Bertz CT molecular complexity index is 603. The summed E-state index contributed by atoms with van der Waals surface area (Å²) in [5.41, 5.74) is 6.75. The number of hydrogen-bond acceptors (Lipinski definition) is 4. The molecular weight excluding hydrogens is 228 g/mol. The van der Waals surface area contributed by atoms with Crippen LogP contribution in [0.1, 0.15) is 5.56 Å². The molecule has 2 aromatic rings. The number of rotatable bonds is 3. The highest BCUT2D eigenvalue weighted by Crippen LogP contribution is 2.30. The second-order valence-electron chi connectivity index (χ2n) is 3.61. The number of nitriles is 1. The van der Waals surface area contributed by atoms with Crippen molar-refractivity contribution in [1.29, 1.82) is 5.26 Å². The highest BCUT2D eigenvalue weighted by molar-refractivity contribution is 5.57. The Morgan fingerprint density at radius 1 is 1.11 bits per heavy atom. The van der Waals surface area contributed by atoms with Crippen molar-refractivity contribution in [2.75, 3.05) is 12.8 Å². The zero-order valence-corrected chi connectivity index (χ0v) is 9.88. The fourth-order valence-electron chi connectivity index (χ4n) is 1.55. The summed E-state index contributed by atoms with van der Waals surface area (Å²) < 4.78 is 10.7. The predicted octanol–water partition coefficient (Wildman–Crippen LogP) is 2.94. The quantitative estimate of drug-likeness (QED) is 0.837. The molecule has 0 heterocycles. The molecule has 0 atom stereocenters. The van der Waals surface area contributed by atoms with E-state index in [9.17, 15) is 0 Å². The number of hydrogen-bond donors (Lipinski definition) is 1. The van der Waals surface area contributed by atoms with Crippen molar-refractivity contribution in [1.82, 2.24) is 0 Å². The number of ether oxygens (including phenoxy) is 2. The van der Waals surface area contributed by atoms with Crippen molar-refractivity contribution in [3.05, 3.63) is 48.0 Å². The summed E-state index contributed by atoms with van der Waals surface area (Å²) >= 11 is 0. The first-order valence-corrected chi connectivity index (χ1v) is 5.35. The van der Waals surface area contributed by atoms with E-state index < -0.39 is 0 Å². The molecule has 0 radical (unpaired) electrons. The van der Waals surface area contributed by atoms with Crippen LogP contribution in [0.3, 0.4) is 0 Å². The number of nitrogen functional groups attached to an aromatic ring is 1. The molecule has 2 N–H and O–H groups in total. The fraction of sp³-hybridized carbons (Fsp3) is 0.0714. The van der Waals surface area contributed by atoms with Gasteiger partial charge in [-0.05, 0) is 24.3 Å². The molecule has 2 rings (SSSR count). The summed E-state index contributed by atoms with van der Waals surface area (Å²) in [5.74, 6) is 1.66. The van der Waals surface area contributed by atoms with Crippen LogP contribution in [0.2, 0.25) is 0 Å². The molecule has 0 unspecified atom stereocenters. The molecule has 0 amide bonds. The first kappa shape index (κ1) is 11.8. The SMILES string of the molecule is COc1ccc(Oc2ccccc2C#N)cc1N. The standard InChI is InChI=1S/C14H12N2O2/c1-17-14-7-6-11(8-12(14)16)18-13-5-3-2-4-10(13)9-15/h2-8H,16H2,1H3. The van der Waals surface area contributed by atoms with Crippen LogP contribution < -0.4 is 15.2 Å². The minimum absolute atomic E-state index is 0.479. The van der Waals surface area contributed by atoms with Crippen LogP contribution in [0.25, 0.3) is 0 Å². The van der Waals surface area contributed by atoms with Crippen LogP contribution in [-0.2, 0) is 0 Å².